The van der Waals surface area contributed by atoms with Crippen LogP contribution < -0.4 is 5.32 Å². The summed E-state index contributed by atoms with van der Waals surface area (Å²) in [6, 6.07) is 3.95. The average Bonchev–Trinajstić information content (AvgIpc) is 3.10. The first-order valence-corrected chi connectivity index (χ1v) is 12.0. The zero-order valence-corrected chi connectivity index (χ0v) is 19.3. The fourth-order valence-electron chi connectivity index (χ4n) is 4.70. The number of carbonyl (C=O) groups is 2. The molecule has 2 fully saturated rings. The summed E-state index contributed by atoms with van der Waals surface area (Å²) >= 11 is 1.28. The third-order valence-electron chi connectivity index (χ3n) is 6.09. The lowest BCUT2D eigenvalue weighted by Gasteiger charge is -2.35. The topological polar surface area (TPSA) is 80.8 Å². The van der Waals surface area contributed by atoms with E-state index in [1.807, 2.05) is 12.1 Å². The Kier molecular flexibility index (Phi) is 6.89. The maximum absolute atomic E-state index is 12.9. The molecule has 1 saturated carbocycles. The molecule has 1 N–H and O–H groups in total. The Morgan fingerprint density at radius 3 is 2.58 bits per heavy atom. The Labute approximate surface area is 187 Å². The molecule has 3 heterocycles. The van der Waals surface area contributed by atoms with Crippen LogP contribution in [0.5, 0.6) is 0 Å². The largest absolute Gasteiger partial charge is 0.465 e. The monoisotopic (exact) mass is 445 g/mol. The van der Waals surface area contributed by atoms with Gasteiger partial charge in [-0.15, -0.1) is 11.3 Å². The number of rotatable bonds is 5. The van der Waals surface area contributed by atoms with Crippen molar-refractivity contribution < 1.29 is 19.1 Å². The summed E-state index contributed by atoms with van der Waals surface area (Å²) in [6.07, 6.45) is 5.54. The molecule has 0 bridgehead atoms. The molecule has 8 heteroatoms. The quantitative estimate of drug-likeness (QED) is 0.695. The van der Waals surface area contributed by atoms with Gasteiger partial charge in [0.05, 0.1) is 30.7 Å². The predicted molar refractivity (Wildman–Crippen MR) is 121 cm³/mol. The Morgan fingerprint density at radius 1 is 1.19 bits per heavy atom. The highest BCUT2D eigenvalue weighted by atomic mass is 32.1. The number of anilines is 1. The van der Waals surface area contributed by atoms with Crippen LogP contribution >= 0.6 is 11.3 Å². The molecule has 31 heavy (non-hydrogen) atoms. The van der Waals surface area contributed by atoms with Crippen LogP contribution in [-0.4, -0.2) is 54.2 Å². The van der Waals surface area contributed by atoms with Crippen LogP contribution in [0.15, 0.2) is 12.1 Å². The van der Waals surface area contributed by atoms with Gasteiger partial charge in [-0.2, -0.15) is 0 Å². The van der Waals surface area contributed by atoms with E-state index in [1.54, 1.807) is 0 Å². The molecule has 0 spiro atoms. The number of hydrogen-bond donors (Lipinski definition) is 1. The Bertz CT molecular complexity index is 944. The number of amides is 1. The fourth-order valence-corrected chi connectivity index (χ4v) is 5.76. The number of esters is 1. The second-order valence-corrected chi connectivity index (χ2v) is 9.73. The van der Waals surface area contributed by atoms with Gasteiger partial charge in [0.2, 0.25) is 5.91 Å². The van der Waals surface area contributed by atoms with Crippen LogP contribution in [0.3, 0.4) is 0 Å². The van der Waals surface area contributed by atoms with Crippen molar-refractivity contribution in [3.05, 3.63) is 22.7 Å². The minimum atomic E-state index is -0.445. The van der Waals surface area contributed by atoms with Gasteiger partial charge in [0, 0.05) is 30.9 Å². The first kappa shape index (κ1) is 22.2. The molecule has 2 aromatic heterocycles. The third kappa shape index (κ3) is 5.07. The molecule has 168 valence electrons. The highest BCUT2D eigenvalue weighted by molar-refractivity contribution is 7.21. The van der Waals surface area contributed by atoms with Crippen LogP contribution in [0, 0.1) is 5.92 Å². The van der Waals surface area contributed by atoms with Gasteiger partial charge in [-0.05, 0) is 38.8 Å². The van der Waals surface area contributed by atoms with Gasteiger partial charge in [0.25, 0.3) is 0 Å². The number of aromatic nitrogens is 1. The van der Waals surface area contributed by atoms with Gasteiger partial charge >= 0.3 is 5.97 Å². The lowest BCUT2D eigenvalue weighted by atomic mass is 9.88. The van der Waals surface area contributed by atoms with Crippen molar-refractivity contribution in [2.45, 2.75) is 64.7 Å². The molecule has 0 aromatic carbocycles. The van der Waals surface area contributed by atoms with E-state index in [0.717, 1.165) is 61.2 Å². The summed E-state index contributed by atoms with van der Waals surface area (Å²) in [5.41, 5.74) is 1.48. The van der Waals surface area contributed by atoms with Gasteiger partial charge in [0.1, 0.15) is 9.71 Å². The van der Waals surface area contributed by atoms with Gasteiger partial charge in [-0.1, -0.05) is 19.3 Å². The lowest BCUT2D eigenvalue weighted by Crippen LogP contribution is -2.44. The first-order valence-electron chi connectivity index (χ1n) is 11.1. The molecular weight excluding hydrogens is 414 g/mol. The molecule has 1 saturated heterocycles. The van der Waals surface area contributed by atoms with Crippen LogP contribution in [-0.2, 0) is 20.8 Å². The van der Waals surface area contributed by atoms with Crippen molar-refractivity contribution in [3.8, 4) is 0 Å². The highest BCUT2D eigenvalue weighted by Gasteiger charge is 2.27. The van der Waals surface area contributed by atoms with E-state index < -0.39 is 5.97 Å². The van der Waals surface area contributed by atoms with Crippen molar-refractivity contribution in [2.75, 3.05) is 25.5 Å². The molecule has 4 rings (SSSR count). The number of fused-ring (bicyclic) bond motifs is 1. The highest BCUT2D eigenvalue weighted by Crippen LogP contribution is 2.37. The predicted octanol–water partition coefficient (Wildman–Crippen LogP) is 4.21. The number of nitrogens with zero attached hydrogens (tertiary/aromatic N) is 2. The number of carbonyl (C=O) groups excluding carboxylic acids is 2. The molecular formula is C23H31N3O4S. The number of morpholine rings is 1. The van der Waals surface area contributed by atoms with E-state index in [1.165, 1.54) is 24.9 Å². The van der Waals surface area contributed by atoms with E-state index in [-0.39, 0.29) is 24.0 Å². The molecule has 2 aliphatic rings. The van der Waals surface area contributed by atoms with Crippen LogP contribution in [0.25, 0.3) is 10.2 Å². The van der Waals surface area contributed by atoms with Gasteiger partial charge < -0.3 is 14.8 Å². The van der Waals surface area contributed by atoms with Crippen molar-refractivity contribution >= 4 is 39.1 Å². The maximum Gasteiger partial charge on any atom is 0.350 e. The summed E-state index contributed by atoms with van der Waals surface area (Å²) in [7, 11) is 1.36. The lowest BCUT2D eigenvalue weighted by molar-refractivity contribution is -0.120. The van der Waals surface area contributed by atoms with Crippen molar-refractivity contribution in [2.24, 2.45) is 5.92 Å². The fraction of sp³-hybridized carbons (Fsp3) is 0.609. The van der Waals surface area contributed by atoms with E-state index in [2.05, 4.69) is 24.1 Å². The number of pyridine rings is 1. The van der Waals surface area contributed by atoms with Gasteiger partial charge in [-0.25, -0.2) is 9.78 Å². The summed E-state index contributed by atoms with van der Waals surface area (Å²) in [5, 5.41) is 3.83. The number of ether oxygens (including phenoxy) is 2. The number of nitrogens with one attached hydrogen (secondary N) is 1. The van der Waals surface area contributed by atoms with E-state index in [0.29, 0.717) is 10.6 Å². The molecule has 1 aliphatic heterocycles. The summed E-state index contributed by atoms with van der Waals surface area (Å²) in [4.78, 5) is 33.6. The van der Waals surface area contributed by atoms with Crippen LogP contribution in [0.2, 0.25) is 0 Å². The Morgan fingerprint density at radius 2 is 1.90 bits per heavy atom. The molecule has 0 radical (unpaired) electrons. The van der Waals surface area contributed by atoms with Crippen molar-refractivity contribution in [1.29, 1.82) is 0 Å². The molecule has 2 atom stereocenters. The summed E-state index contributed by atoms with van der Waals surface area (Å²) in [6.45, 7) is 6.63. The molecule has 0 unspecified atom stereocenters. The zero-order valence-electron chi connectivity index (χ0n) is 18.5. The normalized spacial score (nSPS) is 23.1. The summed E-state index contributed by atoms with van der Waals surface area (Å²) in [5.74, 6) is -0.448. The second-order valence-electron chi connectivity index (χ2n) is 8.73. The smallest absolute Gasteiger partial charge is 0.350 e. The number of thiophene rings is 1. The molecule has 1 amide bonds. The van der Waals surface area contributed by atoms with Gasteiger partial charge in [-0.3, -0.25) is 9.69 Å². The van der Waals surface area contributed by atoms with Crippen LogP contribution in [0.1, 0.15) is 61.3 Å². The number of hydrogen-bond acceptors (Lipinski definition) is 7. The average molecular weight is 446 g/mol. The Hall–Kier alpha value is -2.03. The second kappa shape index (κ2) is 9.63. The summed E-state index contributed by atoms with van der Waals surface area (Å²) < 4.78 is 10.8. The minimum absolute atomic E-state index is 0.00623. The third-order valence-corrected chi connectivity index (χ3v) is 7.17. The van der Waals surface area contributed by atoms with Gasteiger partial charge in [0.15, 0.2) is 0 Å². The SMILES string of the molecule is COC(=O)c1sc2nc(CN3C[C@@H](C)O[C@@H](C)C3)ccc2c1NC(=O)C1CCCCC1. The first-order chi connectivity index (χ1) is 14.9. The van der Waals surface area contributed by atoms with E-state index in [4.69, 9.17) is 14.5 Å². The molecule has 1 aliphatic carbocycles. The standard InChI is InChI=1S/C23H31N3O4S/c1-14-11-26(12-15(2)30-14)13-17-9-10-18-19(20(23(28)29-3)31-22(18)24-17)25-21(27)16-7-5-4-6-8-16/h9-10,14-16H,4-8,11-13H2,1-3H3,(H,25,27)/t14-,15+. The van der Waals surface area contributed by atoms with E-state index >= 15 is 0 Å². The molecule has 7 nitrogen and oxygen atoms in total. The number of methoxy groups -OCH3 is 1. The van der Waals surface area contributed by atoms with Crippen molar-refractivity contribution in [1.82, 2.24) is 9.88 Å². The Balaban J connectivity index is 1.59. The minimum Gasteiger partial charge on any atom is -0.465 e. The van der Waals surface area contributed by atoms with Crippen LogP contribution in [0.4, 0.5) is 5.69 Å². The maximum atomic E-state index is 12.9. The van der Waals surface area contributed by atoms with E-state index in [9.17, 15) is 9.59 Å². The molecule has 2 aromatic rings. The van der Waals surface area contributed by atoms with Crippen molar-refractivity contribution in [3.63, 3.8) is 0 Å². The zero-order chi connectivity index (χ0) is 22.0.